The van der Waals surface area contributed by atoms with Crippen molar-refractivity contribution in [1.82, 2.24) is 4.98 Å². The van der Waals surface area contributed by atoms with E-state index in [0.29, 0.717) is 5.75 Å². The second kappa shape index (κ2) is 4.96. The average molecular weight is 195 g/mol. The van der Waals surface area contributed by atoms with E-state index < -0.39 is 18.4 Å². The lowest BCUT2D eigenvalue weighted by Gasteiger charge is -2.01. The molecule has 5 heteroatoms. The highest BCUT2D eigenvalue weighted by Gasteiger charge is 2.11. The Morgan fingerprint density at radius 2 is 1.93 bits per heavy atom. The first-order valence-electron chi connectivity index (χ1n) is 3.90. The predicted octanol–water partition coefficient (Wildman–Crippen LogP) is 0.550. The van der Waals surface area contributed by atoms with Crippen molar-refractivity contribution in [3.63, 3.8) is 0 Å². The molecule has 1 rings (SSSR count). The molecule has 0 atom stereocenters. The Kier molecular flexibility index (Phi) is 3.60. The number of hydrogen-bond acceptors (Lipinski definition) is 5. The van der Waals surface area contributed by atoms with Crippen LogP contribution in [-0.4, -0.2) is 24.0 Å². The summed E-state index contributed by atoms with van der Waals surface area (Å²) < 4.78 is 9.11. The first kappa shape index (κ1) is 10.2. The van der Waals surface area contributed by atoms with E-state index in [0.717, 1.165) is 0 Å². The van der Waals surface area contributed by atoms with Gasteiger partial charge in [0.25, 0.3) is 0 Å². The first-order valence-corrected chi connectivity index (χ1v) is 3.90. The zero-order valence-corrected chi connectivity index (χ0v) is 7.60. The van der Waals surface area contributed by atoms with E-state index in [-0.39, 0.29) is 0 Å². The van der Waals surface area contributed by atoms with Crippen LogP contribution < -0.4 is 4.74 Å². The van der Waals surface area contributed by atoms with Gasteiger partial charge in [-0.15, -0.1) is 0 Å². The minimum atomic E-state index is -0.650. The van der Waals surface area contributed by atoms with E-state index in [4.69, 9.17) is 4.74 Å². The second-order valence-electron chi connectivity index (χ2n) is 2.41. The van der Waals surface area contributed by atoms with Crippen molar-refractivity contribution in [3.05, 3.63) is 24.5 Å². The SMILES string of the molecule is COC(=O)CC(=O)Oc1ccncc1. The minimum absolute atomic E-state index is 0.355. The molecule has 0 aliphatic rings. The molecular weight excluding hydrogens is 186 g/mol. The molecule has 0 saturated heterocycles. The fourth-order valence-electron chi connectivity index (χ4n) is 0.764. The number of pyridine rings is 1. The maximum absolute atomic E-state index is 11.0. The lowest BCUT2D eigenvalue weighted by molar-refractivity contribution is -0.148. The number of rotatable bonds is 3. The summed E-state index contributed by atoms with van der Waals surface area (Å²) in [5, 5.41) is 0. The average Bonchev–Trinajstić information content (AvgIpc) is 2.19. The van der Waals surface area contributed by atoms with Gasteiger partial charge in [0.05, 0.1) is 7.11 Å². The van der Waals surface area contributed by atoms with Gasteiger partial charge in [0.15, 0.2) is 0 Å². The fraction of sp³-hybridized carbons (Fsp3) is 0.222. The number of aromatic nitrogens is 1. The van der Waals surface area contributed by atoms with E-state index >= 15 is 0 Å². The predicted molar refractivity (Wildman–Crippen MR) is 46.5 cm³/mol. The van der Waals surface area contributed by atoms with Gasteiger partial charge in [-0.3, -0.25) is 14.6 Å². The van der Waals surface area contributed by atoms with Crippen LogP contribution in [0.2, 0.25) is 0 Å². The van der Waals surface area contributed by atoms with E-state index in [9.17, 15) is 9.59 Å². The van der Waals surface area contributed by atoms with E-state index in [1.807, 2.05) is 0 Å². The summed E-state index contributed by atoms with van der Waals surface area (Å²) in [6.45, 7) is 0. The number of esters is 2. The van der Waals surface area contributed by atoms with Crippen molar-refractivity contribution in [2.45, 2.75) is 6.42 Å². The van der Waals surface area contributed by atoms with Crippen molar-refractivity contribution in [1.29, 1.82) is 0 Å². The third kappa shape index (κ3) is 3.22. The van der Waals surface area contributed by atoms with Gasteiger partial charge >= 0.3 is 11.9 Å². The third-order valence-electron chi connectivity index (χ3n) is 1.40. The number of nitrogens with zero attached hydrogens (tertiary/aromatic N) is 1. The summed E-state index contributed by atoms with van der Waals surface area (Å²) in [5.41, 5.74) is 0. The minimum Gasteiger partial charge on any atom is -0.469 e. The van der Waals surface area contributed by atoms with Gasteiger partial charge in [-0.2, -0.15) is 0 Å². The van der Waals surface area contributed by atoms with Gasteiger partial charge in [0.2, 0.25) is 0 Å². The third-order valence-corrected chi connectivity index (χ3v) is 1.40. The molecule has 0 aliphatic carbocycles. The summed E-state index contributed by atoms with van der Waals surface area (Å²) >= 11 is 0. The normalized spacial score (nSPS) is 9.21. The van der Waals surface area contributed by atoms with Crippen LogP contribution in [-0.2, 0) is 14.3 Å². The molecule has 1 aromatic heterocycles. The molecule has 74 valence electrons. The van der Waals surface area contributed by atoms with Crippen molar-refractivity contribution in [3.8, 4) is 5.75 Å². The van der Waals surface area contributed by atoms with Crippen LogP contribution in [0, 0.1) is 0 Å². The number of hydrogen-bond donors (Lipinski definition) is 0. The highest BCUT2D eigenvalue weighted by Crippen LogP contribution is 2.07. The van der Waals surface area contributed by atoms with Gasteiger partial charge in [-0.05, 0) is 12.1 Å². The Morgan fingerprint density at radius 1 is 1.29 bits per heavy atom. The number of ether oxygens (including phenoxy) is 2. The van der Waals surface area contributed by atoms with Crippen LogP contribution in [0.3, 0.4) is 0 Å². The second-order valence-corrected chi connectivity index (χ2v) is 2.41. The van der Waals surface area contributed by atoms with E-state index in [1.54, 1.807) is 0 Å². The molecule has 1 heterocycles. The summed E-state index contributed by atoms with van der Waals surface area (Å²) in [5.74, 6) is -0.916. The van der Waals surface area contributed by atoms with Crippen molar-refractivity contribution < 1.29 is 19.1 Å². The van der Waals surface area contributed by atoms with Gasteiger partial charge in [-0.1, -0.05) is 0 Å². The summed E-state index contributed by atoms with van der Waals surface area (Å²) in [4.78, 5) is 25.5. The smallest absolute Gasteiger partial charge is 0.322 e. The first-order chi connectivity index (χ1) is 6.72. The van der Waals surface area contributed by atoms with Crippen LogP contribution in [0.5, 0.6) is 5.75 Å². The Hall–Kier alpha value is -1.91. The Bertz CT molecular complexity index is 323. The molecular formula is C9H9NO4. The number of methoxy groups -OCH3 is 1. The van der Waals surface area contributed by atoms with Crippen LogP contribution >= 0.6 is 0 Å². The summed E-state index contributed by atoms with van der Waals surface area (Å²) in [6, 6.07) is 3.05. The van der Waals surface area contributed by atoms with Crippen molar-refractivity contribution in [2.24, 2.45) is 0 Å². The number of carbonyl (C=O) groups excluding carboxylic acids is 2. The molecule has 14 heavy (non-hydrogen) atoms. The standard InChI is InChI=1S/C9H9NO4/c1-13-8(11)6-9(12)14-7-2-4-10-5-3-7/h2-5H,6H2,1H3. The molecule has 5 nitrogen and oxygen atoms in total. The topological polar surface area (TPSA) is 65.5 Å². The maximum Gasteiger partial charge on any atom is 0.322 e. The highest BCUT2D eigenvalue weighted by molar-refractivity contribution is 5.92. The molecule has 0 fully saturated rings. The van der Waals surface area contributed by atoms with Crippen LogP contribution in [0.4, 0.5) is 0 Å². The van der Waals surface area contributed by atoms with E-state index in [2.05, 4.69) is 9.72 Å². The molecule has 0 amide bonds. The maximum atomic E-state index is 11.0. The van der Waals surface area contributed by atoms with Gasteiger partial charge < -0.3 is 9.47 Å². The quantitative estimate of drug-likeness (QED) is 0.520. The van der Waals surface area contributed by atoms with Gasteiger partial charge in [0.1, 0.15) is 12.2 Å². The monoisotopic (exact) mass is 195 g/mol. The fourth-order valence-corrected chi connectivity index (χ4v) is 0.764. The molecule has 0 radical (unpaired) electrons. The number of carbonyl (C=O) groups is 2. The van der Waals surface area contributed by atoms with Gasteiger partial charge in [-0.25, -0.2) is 0 Å². The molecule has 1 aromatic rings. The molecule has 0 aromatic carbocycles. The molecule has 0 aliphatic heterocycles. The zero-order valence-electron chi connectivity index (χ0n) is 7.60. The van der Waals surface area contributed by atoms with Gasteiger partial charge in [0, 0.05) is 12.4 Å². The zero-order chi connectivity index (χ0) is 10.4. The van der Waals surface area contributed by atoms with E-state index in [1.165, 1.54) is 31.6 Å². The molecule has 0 spiro atoms. The Morgan fingerprint density at radius 3 is 2.50 bits per heavy atom. The lowest BCUT2D eigenvalue weighted by atomic mass is 10.4. The van der Waals surface area contributed by atoms with Crippen LogP contribution in [0.15, 0.2) is 24.5 Å². The molecule has 0 bridgehead atoms. The summed E-state index contributed by atoms with van der Waals surface area (Å²) in [6.07, 6.45) is 2.58. The molecule has 0 saturated carbocycles. The largest absolute Gasteiger partial charge is 0.469 e. The summed E-state index contributed by atoms with van der Waals surface area (Å²) in [7, 11) is 1.21. The highest BCUT2D eigenvalue weighted by atomic mass is 16.5. The lowest BCUT2D eigenvalue weighted by Crippen LogP contribution is -2.14. The van der Waals surface area contributed by atoms with Crippen LogP contribution in [0.25, 0.3) is 0 Å². The molecule has 0 N–H and O–H groups in total. The Labute approximate surface area is 80.7 Å². The molecule has 0 unspecified atom stereocenters. The van der Waals surface area contributed by atoms with Crippen LogP contribution in [0.1, 0.15) is 6.42 Å². The van der Waals surface area contributed by atoms with Crippen molar-refractivity contribution in [2.75, 3.05) is 7.11 Å². The van der Waals surface area contributed by atoms with Crippen molar-refractivity contribution >= 4 is 11.9 Å². The Balaban J connectivity index is 2.46.